The van der Waals surface area contributed by atoms with Gasteiger partial charge in [0.2, 0.25) is 0 Å². The molecule has 1 amide bonds. The zero-order valence-electron chi connectivity index (χ0n) is 14.7. The van der Waals surface area contributed by atoms with E-state index >= 15 is 0 Å². The Kier molecular flexibility index (Phi) is 6.51. The number of rotatable bonds is 7. The molecule has 0 saturated carbocycles. The lowest BCUT2D eigenvalue weighted by molar-refractivity contribution is 0.0527. The molecule has 132 valence electrons. The number of pyridine rings is 1. The Morgan fingerprint density at radius 2 is 1.96 bits per heavy atom. The lowest BCUT2D eigenvalue weighted by atomic mass is 10.1. The van der Waals surface area contributed by atoms with Gasteiger partial charge in [-0.1, -0.05) is 19.1 Å². The fourth-order valence-corrected chi connectivity index (χ4v) is 2.18. The fraction of sp³-hybridized carbons (Fsp3) is 0.316. The van der Waals surface area contributed by atoms with Crippen molar-refractivity contribution in [2.75, 3.05) is 11.9 Å². The average molecular weight is 341 g/mol. The lowest BCUT2D eigenvalue weighted by Crippen LogP contribution is -2.31. The molecule has 0 fully saturated rings. The van der Waals surface area contributed by atoms with Gasteiger partial charge in [0.1, 0.15) is 0 Å². The fourth-order valence-electron chi connectivity index (χ4n) is 2.18. The number of hydrogen-bond donors (Lipinski definition) is 2. The van der Waals surface area contributed by atoms with E-state index in [2.05, 4.69) is 15.6 Å². The van der Waals surface area contributed by atoms with Crippen LogP contribution < -0.4 is 10.6 Å². The molecule has 1 aromatic heterocycles. The van der Waals surface area contributed by atoms with Gasteiger partial charge in [0.25, 0.3) is 5.91 Å². The van der Waals surface area contributed by atoms with E-state index in [0.29, 0.717) is 29.1 Å². The van der Waals surface area contributed by atoms with Crippen LogP contribution in [-0.2, 0) is 4.74 Å². The summed E-state index contributed by atoms with van der Waals surface area (Å²) < 4.78 is 5.07. The molecule has 0 saturated heterocycles. The van der Waals surface area contributed by atoms with Crippen molar-refractivity contribution in [1.82, 2.24) is 10.3 Å². The van der Waals surface area contributed by atoms with Crippen LogP contribution in [0.1, 0.15) is 47.9 Å². The number of ether oxygens (including phenoxy) is 1. The summed E-state index contributed by atoms with van der Waals surface area (Å²) in [6.45, 7) is 6.02. The van der Waals surface area contributed by atoms with Crippen molar-refractivity contribution in [3.05, 3.63) is 53.9 Å². The van der Waals surface area contributed by atoms with Gasteiger partial charge in [0.15, 0.2) is 0 Å². The highest BCUT2D eigenvalue weighted by Gasteiger charge is 2.13. The maximum atomic E-state index is 12.2. The number of nitrogens with one attached hydrogen (secondary N) is 2. The molecular formula is C19H23N3O3. The molecule has 0 bridgehead atoms. The number of anilines is 2. The van der Waals surface area contributed by atoms with Gasteiger partial charge in [0.05, 0.1) is 35.3 Å². The average Bonchev–Trinajstić information content (AvgIpc) is 2.62. The number of amides is 1. The third-order valence-corrected chi connectivity index (χ3v) is 3.69. The van der Waals surface area contributed by atoms with Gasteiger partial charge in [-0.2, -0.15) is 0 Å². The van der Waals surface area contributed by atoms with E-state index in [1.165, 1.54) is 6.20 Å². The molecule has 0 radical (unpaired) electrons. The highest BCUT2D eigenvalue weighted by Crippen LogP contribution is 2.22. The minimum Gasteiger partial charge on any atom is -0.462 e. The number of carbonyl (C=O) groups is 2. The summed E-state index contributed by atoms with van der Waals surface area (Å²) in [7, 11) is 0. The molecule has 1 aromatic carbocycles. The van der Waals surface area contributed by atoms with Crippen molar-refractivity contribution in [1.29, 1.82) is 0 Å². The van der Waals surface area contributed by atoms with Crippen molar-refractivity contribution in [3.8, 4) is 0 Å². The van der Waals surface area contributed by atoms with Crippen molar-refractivity contribution in [2.24, 2.45) is 0 Å². The topological polar surface area (TPSA) is 80.3 Å². The minimum absolute atomic E-state index is 0.0913. The molecule has 25 heavy (non-hydrogen) atoms. The van der Waals surface area contributed by atoms with Crippen LogP contribution in [0.3, 0.4) is 0 Å². The predicted molar refractivity (Wildman–Crippen MR) is 97.1 cm³/mol. The van der Waals surface area contributed by atoms with E-state index in [1.807, 2.05) is 19.9 Å². The molecule has 1 atom stereocenters. The first-order chi connectivity index (χ1) is 12.0. The molecule has 0 aliphatic heterocycles. The van der Waals surface area contributed by atoms with E-state index in [-0.39, 0.29) is 11.9 Å². The van der Waals surface area contributed by atoms with E-state index in [9.17, 15) is 9.59 Å². The van der Waals surface area contributed by atoms with Crippen LogP contribution in [-0.4, -0.2) is 29.5 Å². The normalized spacial score (nSPS) is 11.5. The van der Waals surface area contributed by atoms with Gasteiger partial charge in [-0.25, -0.2) is 4.79 Å². The van der Waals surface area contributed by atoms with Gasteiger partial charge in [-0.15, -0.1) is 0 Å². The van der Waals surface area contributed by atoms with E-state index < -0.39 is 5.97 Å². The number of hydrogen-bond acceptors (Lipinski definition) is 5. The maximum Gasteiger partial charge on any atom is 0.340 e. The first-order valence-corrected chi connectivity index (χ1v) is 8.34. The zero-order chi connectivity index (χ0) is 18.2. The van der Waals surface area contributed by atoms with Gasteiger partial charge in [-0.05, 0) is 38.5 Å². The number of benzene rings is 1. The highest BCUT2D eigenvalue weighted by molar-refractivity contribution is 5.97. The summed E-state index contributed by atoms with van der Waals surface area (Å²) in [5.41, 5.74) is 2.11. The third-order valence-electron chi connectivity index (χ3n) is 3.69. The second-order valence-corrected chi connectivity index (χ2v) is 5.64. The summed E-state index contributed by atoms with van der Waals surface area (Å²) in [4.78, 5) is 28.4. The smallest absolute Gasteiger partial charge is 0.340 e. The number of carbonyl (C=O) groups excluding carboxylic acids is 2. The van der Waals surface area contributed by atoms with Crippen LogP contribution in [0.4, 0.5) is 11.4 Å². The number of aromatic nitrogens is 1. The van der Waals surface area contributed by atoms with Crippen molar-refractivity contribution in [3.63, 3.8) is 0 Å². The molecule has 1 heterocycles. The highest BCUT2D eigenvalue weighted by atomic mass is 16.5. The molecule has 2 rings (SSSR count). The third kappa shape index (κ3) is 5.04. The Balaban J connectivity index is 2.20. The van der Waals surface area contributed by atoms with Crippen LogP contribution in [0.2, 0.25) is 0 Å². The van der Waals surface area contributed by atoms with E-state index in [1.54, 1.807) is 37.4 Å². The van der Waals surface area contributed by atoms with E-state index in [0.717, 1.165) is 6.42 Å². The Morgan fingerprint density at radius 1 is 1.20 bits per heavy atom. The van der Waals surface area contributed by atoms with Gasteiger partial charge in [0, 0.05) is 12.2 Å². The molecule has 0 aliphatic rings. The van der Waals surface area contributed by atoms with Crippen molar-refractivity contribution < 1.29 is 14.3 Å². The first kappa shape index (κ1) is 18.4. The molecule has 2 aromatic rings. The predicted octanol–water partition coefficient (Wildman–Crippen LogP) is 3.53. The summed E-state index contributed by atoms with van der Waals surface area (Å²) in [6.07, 6.45) is 3.96. The quantitative estimate of drug-likeness (QED) is 0.753. The molecule has 1 unspecified atom stereocenters. The molecule has 6 nitrogen and oxygen atoms in total. The lowest BCUT2D eigenvalue weighted by Gasteiger charge is -2.13. The standard InChI is InChI=1S/C19H23N3O3/c1-4-13(3)21-18(23)14-10-15(12-20-11-14)22-17-9-7-6-8-16(17)19(24)25-5-2/h6-13,22H,4-5H2,1-3H3,(H,21,23). The molecule has 2 N–H and O–H groups in total. The largest absolute Gasteiger partial charge is 0.462 e. The second-order valence-electron chi connectivity index (χ2n) is 5.64. The summed E-state index contributed by atoms with van der Waals surface area (Å²) in [5, 5.41) is 6.03. The second kappa shape index (κ2) is 8.82. The zero-order valence-corrected chi connectivity index (χ0v) is 14.7. The SMILES string of the molecule is CCOC(=O)c1ccccc1Nc1cncc(C(=O)NC(C)CC)c1. The number of nitrogens with zero attached hydrogens (tertiary/aromatic N) is 1. The van der Waals surface area contributed by atoms with Gasteiger partial charge < -0.3 is 15.4 Å². The molecule has 0 spiro atoms. The first-order valence-electron chi connectivity index (χ1n) is 8.34. The number of esters is 1. The summed E-state index contributed by atoms with van der Waals surface area (Å²) in [6, 6.07) is 8.84. The monoisotopic (exact) mass is 341 g/mol. The van der Waals surface area contributed by atoms with Crippen LogP contribution in [0.5, 0.6) is 0 Å². The van der Waals surface area contributed by atoms with Crippen molar-refractivity contribution in [2.45, 2.75) is 33.2 Å². The van der Waals surface area contributed by atoms with Gasteiger partial charge >= 0.3 is 5.97 Å². The number of para-hydroxylation sites is 1. The van der Waals surface area contributed by atoms with Crippen LogP contribution >= 0.6 is 0 Å². The van der Waals surface area contributed by atoms with Crippen molar-refractivity contribution >= 4 is 23.3 Å². The van der Waals surface area contributed by atoms with E-state index in [4.69, 9.17) is 4.74 Å². The maximum absolute atomic E-state index is 12.2. The molecular weight excluding hydrogens is 318 g/mol. The molecule has 6 heteroatoms. The summed E-state index contributed by atoms with van der Waals surface area (Å²) >= 11 is 0. The van der Waals surface area contributed by atoms with Crippen LogP contribution in [0.25, 0.3) is 0 Å². The summed E-state index contributed by atoms with van der Waals surface area (Å²) in [5.74, 6) is -0.576. The van der Waals surface area contributed by atoms with Crippen LogP contribution in [0.15, 0.2) is 42.7 Å². The Morgan fingerprint density at radius 3 is 2.68 bits per heavy atom. The van der Waals surface area contributed by atoms with Crippen LogP contribution in [0, 0.1) is 0 Å². The minimum atomic E-state index is -0.399. The Bertz CT molecular complexity index is 746. The Labute approximate surface area is 147 Å². The van der Waals surface area contributed by atoms with Gasteiger partial charge in [-0.3, -0.25) is 9.78 Å². The Hall–Kier alpha value is -2.89. The molecule has 0 aliphatic carbocycles.